The highest BCUT2D eigenvalue weighted by atomic mass is 32.2. The molecule has 0 rings (SSSR count). The first-order valence-electron chi connectivity index (χ1n) is 4.08. The van der Waals surface area contributed by atoms with E-state index in [2.05, 4.69) is 46.8 Å². The Morgan fingerprint density at radius 1 is 1.18 bits per heavy atom. The van der Waals surface area contributed by atoms with E-state index in [0.717, 1.165) is 0 Å². The van der Waals surface area contributed by atoms with Crippen molar-refractivity contribution in [2.45, 2.75) is 34.6 Å². The van der Waals surface area contributed by atoms with Gasteiger partial charge in [0.1, 0.15) is 0 Å². The molecular weight excluding hydrogens is 152 g/mol. The predicted octanol–water partition coefficient (Wildman–Crippen LogP) is 4.20. The minimum atomic E-state index is 0.653. The molecule has 1 heteroatoms. The Bertz CT molecular complexity index is 164. The van der Waals surface area contributed by atoms with E-state index in [1.165, 1.54) is 9.81 Å². The van der Waals surface area contributed by atoms with Crippen LogP contribution >= 0.6 is 11.8 Å². The van der Waals surface area contributed by atoms with E-state index in [1.807, 2.05) is 11.8 Å². The molecule has 0 aromatic rings. The van der Waals surface area contributed by atoms with Crippen molar-refractivity contribution in [2.24, 2.45) is 5.92 Å². The average Bonchev–Trinajstić information content (AvgIpc) is 1.99. The molecular formula is C10H18S. The van der Waals surface area contributed by atoms with E-state index in [1.54, 1.807) is 0 Å². The molecule has 0 fully saturated rings. The van der Waals surface area contributed by atoms with Crippen LogP contribution in [0, 0.1) is 5.92 Å². The van der Waals surface area contributed by atoms with Crippen LogP contribution in [0.4, 0.5) is 0 Å². The Balaban J connectivity index is 4.12. The third-order valence-corrected chi connectivity index (χ3v) is 3.04. The average molecular weight is 170 g/mol. The number of allylic oxidation sites excluding steroid dienone is 4. The molecule has 0 radical (unpaired) electrons. The second kappa shape index (κ2) is 5.48. The number of hydrogen-bond donors (Lipinski definition) is 0. The van der Waals surface area contributed by atoms with Crippen molar-refractivity contribution in [3.05, 3.63) is 22.0 Å². The first kappa shape index (κ1) is 10.8. The van der Waals surface area contributed by atoms with Gasteiger partial charge in [-0.3, -0.25) is 0 Å². The van der Waals surface area contributed by atoms with E-state index in [0.29, 0.717) is 5.92 Å². The van der Waals surface area contributed by atoms with Gasteiger partial charge in [-0.1, -0.05) is 37.8 Å². The van der Waals surface area contributed by atoms with Gasteiger partial charge in [0.25, 0.3) is 0 Å². The van der Waals surface area contributed by atoms with Crippen LogP contribution in [-0.2, 0) is 0 Å². The van der Waals surface area contributed by atoms with Crippen molar-refractivity contribution in [3.63, 3.8) is 0 Å². The summed E-state index contributed by atoms with van der Waals surface area (Å²) in [4.78, 5) is 2.84. The summed E-state index contributed by atoms with van der Waals surface area (Å²) in [6.45, 7) is 10.8. The van der Waals surface area contributed by atoms with Crippen molar-refractivity contribution < 1.29 is 0 Å². The SMILES string of the molecule is C/C=C(/C)S/C(=C\C)C(C)C. The van der Waals surface area contributed by atoms with Gasteiger partial charge in [-0.2, -0.15) is 0 Å². The lowest BCUT2D eigenvalue weighted by Gasteiger charge is -2.09. The highest BCUT2D eigenvalue weighted by Crippen LogP contribution is 2.29. The molecule has 0 aliphatic heterocycles. The molecule has 0 bridgehead atoms. The molecule has 0 aromatic carbocycles. The highest BCUT2D eigenvalue weighted by Gasteiger charge is 2.02. The summed E-state index contributed by atoms with van der Waals surface area (Å²) in [5.41, 5.74) is 0. The predicted molar refractivity (Wildman–Crippen MR) is 55.6 cm³/mol. The first-order chi connectivity index (χ1) is 5.11. The van der Waals surface area contributed by atoms with Gasteiger partial charge in [-0.05, 0) is 36.5 Å². The monoisotopic (exact) mass is 170 g/mol. The van der Waals surface area contributed by atoms with Crippen LogP contribution < -0.4 is 0 Å². The minimum Gasteiger partial charge on any atom is -0.0997 e. The Hall–Kier alpha value is -0.170. The van der Waals surface area contributed by atoms with E-state index >= 15 is 0 Å². The van der Waals surface area contributed by atoms with Crippen LogP contribution in [0.2, 0.25) is 0 Å². The maximum absolute atomic E-state index is 2.23. The van der Waals surface area contributed by atoms with Crippen LogP contribution in [-0.4, -0.2) is 0 Å². The van der Waals surface area contributed by atoms with Crippen LogP contribution in [0.3, 0.4) is 0 Å². The van der Waals surface area contributed by atoms with E-state index in [4.69, 9.17) is 0 Å². The third-order valence-electron chi connectivity index (χ3n) is 1.54. The molecule has 64 valence electrons. The lowest BCUT2D eigenvalue weighted by Crippen LogP contribution is -1.88. The van der Waals surface area contributed by atoms with E-state index < -0.39 is 0 Å². The molecule has 0 saturated heterocycles. The molecule has 0 amide bonds. The van der Waals surface area contributed by atoms with Crippen LogP contribution in [0.15, 0.2) is 22.0 Å². The molecule has 0 aliphatic carbocycles. The normalized spacial score (nSPS) is 14.4. The second-order valence-corrected chi connectivity index (χ2v) is 4.17. The fraction of sp³-hybridized carbons (Fsp3) is 0.600. The van der Waals surface area contributed by atoms with E-state index in [9.17, 15) is 0 Å². The molecule has 0 aromatic heterocycles. The van der Waals surface area contributed by atoms with Crippen LogP contribution in [0.1, 0.15) is 34.6 Å². The topological polar surface area (TPSA) is 0 Å². The summed E-state index contributed by atoms with van der Waals surface area (Å²) < 4.78 is 0. The van der Waals surface area contributed by atoms with E-state index in [-0.39, 0.29) is 0 Å². The maximum Gasteiger partial charge on any atom is -0.0123 e. The summed E-state index contributed by atoms with van der Waals surface area (Å²) in [5, 5.41) is 0. The van der Waals surface area contributed by atoms with Crippen molar-refractivity contribution in [1.29, 1.82) is 0 Å². The van der Waals surface area contributed by atoms with Gasteiger partial charge < -0.3 is 0 Å². The lowest BCUT2D eigenvalue weighted by atomic mass is 10.2. The Labute approximate surface area is 74.8 Å². The maximum atomic E-state index is 2.23. The summed E-state index contributed by atoms with van der Waals surface area (Å²) in [6, 6.07) is 0. The van der Waals surface area contributed by atoms with Gasteiger partial charge >= 0.3 is 0 Å². The highest BCUT2D eigenvalue weighted by molar-refractivity contribution is 8.06. The zero-order valence-corrected chi connectivity index (χ0v) is 8.96. The van der Waals surface area contributed by atoms with Gasteiger partial charge in [0.2, 0.25) is 0 Å². The molecule has 0 N–H and O–H groups in total. The van der Waals surface area contributed by atoms with Crippen molar-refractivity contribution in [1.82, 2.24) is 0 Å². The number of thioether (sulfide) groups is 1. The molecule has 0 nitrogen and oxygen atoms in total. The smallest absolute Gasteiger partial charge is 0.0123 e. The standard InChI is InChI=1S/C10H18S/c1-6-9(5)11-10(7-2)8(3)4/h6-8H,1-5H3/b9-6-,10-7-. The fourth-order valence-corrected chi connectivity index (χ4v) is 1.60. The van der Waals surface area contributed by atoms with Crippen molar-refractivity contribution >= 4 is 11.8 Å². The van der Waals surface area contributed by atoms with Crippen molar-refractivity contribution in [2.75, 3.05) is 0 Å². The largest absolute Gasteiger partial charge is 0.0997 e. The Kier molecular flexibility index (Phi) is 5.39. The molecule has 0 spiro atoms. The minimum absolute atomic E-state index is 0.653. The van der Waals surface area contributed by atoms with Crippen molar-refractivity contribution in [3.8, 4) is 0 Å². The molecule has 0 aliphatic rings. The van der Waals surface area contributed by atoms with Gasteiger partial charge in [0.05, 0.1) is 0 Å². The second-order valence-electron chi connectivity index (χ2n) is 2.85. The fourth-order valence-electron chi connectivity index (χ4n) is 0.755. The third kappa shape index (κ3) is 4.31. The van der Waals surface area contributed by atoms with Crippen LogP contribution in [0.25, 0.3) is 0 Å². The molecule has 0 heterocycles. The Morgan fingerprint density at radius 2 is 1.73 bits per heavy atom. The summed E-state index contributed by atoms with van der Waals surface area (Å²) >= 11 is 1.87. The van der Waals surface area contributed by atoms with Gasteiger partial charge in [0, 0.05) is 0 Å². The molecule has 11 heavy (non-hydrogen) atoms. The molecule has 0 unspecified atom stereocenters. The van der Waals surface area contributed by atoms with Crippen LogP contribution in [0.5, 0.6) is 0 Å². The zero-order chi connectivity index (χ0) is 8.85. The summed E-state index contributed by atoms with van der Waals surface area (Å²) in [5.74, 6) is 0.653. The first-order valence-corrected chi connectivity index (χ1v) is 4.90. The lowest BCUT2D eigenvalue weighted by molar-refractivity contribution is 0.815. The van der Waals surface area contributed by atoms with Gasteiger partial charge in [-0.15, -0.1) is 0 Å². The summed E-state index contributed by atoms with van der Waals surface area (Å²) in [6.07, 6.45) is 4.35. The number of hydrogen-bond acceptors (Lipinski definition) is 1. The molecule has 0 saturated carbocycles. The quantitative estimate of drug-likeness (QED) is 0.611. The Morgan fingerprint density at radius 3 is 2.00 bits per heavy atom. The summed E-state index contributed by atoms with van der Waals surface area (Å²) in [7, 11) is 0. The van der Waals surface area contributed by atoms with Gasteiger partial charge in [-0.25, -0.2) is 0 Å². The zero-order valence-electron chi connectivity index (χ0n) is 8.14. The number of rotatable bonds is 3. The van der Waals surface area contributed by atoms with Gasteiger partial charge in [0.15, 0.2) is 0 Å². The molecule has 0 atom stereocenters.